The minimum Gasteiger partial charge on any atom is -0.338 e. The number of piperidine rings is 1. The second kappa shape index (κ2) is 5.56. The van der Waals surface area contributed by atoms with Crippen LogP contribution in [0.4, 0.5) is 13.2 Å². The van der Waals surface area contributed by atoms with Crippen molar-refractivity contribution in [3.8, 4) is 0 Å². The smallest absolute Gasteiger partial charge is 0.338 e. The summed E-state index contributed by atoms with van der Waals surface area (Å²) in [4.78, 5) is 13.2. The van der Waals surface area contributed by atoms with E-state index in [1.54, 1.807) is 13.0 Å². The highest BCUT2D eigenvalue weighted by atomic mass is 19.4. The summed E-state index contributed by atoms with van der Waals surface area (Å²) < 4.78 is 37.7. The van der Waals surface area contributed by atoms with E-state index in [2.05, 4.69) is 0 Å². The SMILES string of the molecule is CC/C=C(\C)C(=O)N1CCC[C@H](C(F)(F)F)C1. The van der Waals surface area contributed by atoms with Crippen molar-refractivity contribution in [3.63, 3.8) is 0 Å². The number of alkyl halides is 3. The number of rotatable bonds is 2. The van der Waals surface area contributed by atoms with Gasteiger partial charge in [-0.25, -0.2) is 0 Å². The van der Waals surface area contributed by atoms with Gasteiger partial charge >= 0.3 is 6.18 Å². The zero-order chi connectivity index (χ0) is 13.1. The van der Waals surface area contributed by atoms with Crippen molar-refractivity contribution >= 4 is 5.91 Å². The fourth-order valence-electron chi connectivity index (χ4n) is 2.07. The van der Waals surface area contributed by atoms with Crippen LogP contribution in [0.2, 0.25) is 0 Å². The molecule has 17 heavy (non-hydrogen) atoms. The molecular formula is C12H18F3NO. The molecule has 1 aliphatic heterocycles. The second-order valence-corrected chi connectivity index (χ2v) is 4.43. The average Bonchev–Trinajstić information content (AvgIpc) is 2.27. The van der Waals surface area contributed by atoms with Crippen LogP contribution in [0, 0.1) is 5.92 Å². The Hall–Kier alpha value is -1.00. The van der Waals surface area contributed by atoms with Gasteiger partial charge in [-0.05, 0) is 26.2 Å². The highest BCUT2D eigenvalue weighted by molar-refractivity contribution is 5.92. The van der Waals surface area contributed by atoms with Crippen LogP contribution in [-0.2, 0) is 4.79 Å². The molecule has 1 heterocycles. The van der Waals surface area contributed by atoms with Crippen LogP contribution in [0.1, 0.15) is 33.1 Å². The molecule has 0 spiro atoms. The molecule has 1 fully saturated rings. The minimum atomic E-state index is -4.19. The number of halogens is 3. The summed E-state index contributed by atoms with van der Waals surface area (Å²) >= 11 is 0. The van der Waals surface area contributed by atoms with Gasteiger partial charge in [-0.3, -0.25) is 4.79 Å². The Morgan fingerprint density at radius 1 is 1.47 bits per heavy atom. The number of hydrogen-bond donors (Lipinski definition) is 0. The zero-order valence-electron chi connectivity index (χ0n) is 10.2. The average molecular weight is 249 g/mol. The van der Waals surface area contributed by atoms with Crippen LogP contribution in [0.25, 0.3) is 0 Å². The number of carbonyl (C=O) groups excluding carboxylic acids is 1. The molecule has 0 radical (unpaired) electrons. The molecule has 1 saturated heterocycles. The molecule has 1 rings (SSSR count). The topological polar surface area (TPSA) is 20.3 Å². The van der Waals surface area contributed by atoms with Gasteiger partial charge in [-0.1, -0.05) is 13.0 Å². The van der Waals surface area contributed by atoms with Crippen molar-refractivity contribution in [2.75, 3.05) is 13.1 Å². The standard InChI is InChI=1S/C12H18F3NO/c1-3-5-9(2)11(17)16-7-4-6-10(8-16)12(13,14)15/h5,10H,3-4,6-8H2,1-2H3/b9-5+/t10-/m0/s1. The van der Waals surface area contributed by atoms with Crippen molar-refractivity contribution < 1.29 is 18.0 Å². The lowest BCUT2D eigenvalue weighted by atomic mass is 9.97. The number of hydrogen-bond acceptors (Lipinski definition) is 1. The lowest BCUT2D eigenvalue weighted by Crippen LogP contribution is -2.44. The summed E-state index contributed by atoms with van der Waals surface area (Å²) in [6, 6.07) is 0. The van der Waals surface area contributed by atoms with Gasteiger partial charge in [0.1, 0.15) is 0 Å². The van der Waals surface area contributed by atoms with Crippen LogP contribution in [0.15, 0.2) is 11.6 Å². The van der Waals surface area contributed by atoms with Crippen molar-refractivity contribution in [1.29, 1.82) is 0 Å². The van der Waals surface area contributed by atoms with E-state index in [-0.39, 0.29) is 18.9 Å². The number of amides is 1. The van der Waals surface area contributed by atoms with Crippen molar-refractivity contribution in [2.24, 2.45) is 5.92 Å². The first-order valence-corrected chi connectivity index (χ1v) is 5.89. The maximum atomic E-state index is 12.6. The fraction of sp³-hybridized carbons (Fsp3) is 0.750. The van der Waals surface area contributed by atoms with Gasteiger partial charge in [0.15, 0.2) is 0 Å². The summed E-state index contributed by atoms with van der Waals surface area (Å²) in [6.45, 7) is 3.78. The molecule has 0 N–H and O–H groups in total. The van der Waals surface area contributed by atoms with Crippen LogP contribution < -0.4 is 0 Å². The van der Waals surface area contributed by atoms with Gasteiger partial charge in [0.2, 0.25) is 5.91 Å². The molecule has 2 nitrogen and oxygen atoms in total. The summed E-state index contributed by atoms with van der Waals surface area (Å²) in [5.74, 6) is -1.63. The molecule has 1 aliphatic rings. The molecule has 0 aromatic carbocycles. The zero-order valence-corrected chi connectivity index (χ0v) is 10.2. The van der Waals surface area contributed by atoms with Crippen molar-refractivity contribution in [1.82, 2.24) is 4.90 Å². The Bertz CT molecular complexity index is 309. The van der Waals surface area contributed by atoms with Crippen LogP contribution in [0.3, 0.4) is 0 Å². The third kappa shape index (κ3) is 3.75. The summed E-state index contributed by atoms with van der Waals surface area (Å²) in [7, 11) is 0. The maximum absolute atomic E-state index is 12.6. The van der Waals surface area contributed by atoms with Crippen molar-refractivity contribution in [3.05, 3.63) is 11.6 Å². The van der Waals surface area contributed by atoms with Gasteiger partial charge in [0.05, 0.1) is 5.92 Å². The van der Waals surface area contributed by atoms with E-state index in [4.69, 9.17) is 0 Å². The van der Waals surface area contributed by atoms with E-state index >= 15 is 0 Å². The Morgan fingerprint density at radius 2 is 2.12 bits per heavy atom. The number of nitrogens with zero attached hydrogens (tertiary/aromatic N) is 1. The van der Waals surface area contributed by atoms with E-state index in [1.165, 1.54) is 4.90 Å². The molecule has 98 valence electrons. The van der Waals surface area contributed by atoms with Gasteiger partial charge in [-0.15, -0.1) is 0 Å². The molecule has 1 amide bonds. The van der Waals surface area contributed by atoms with Crippen LogP contribution in [-0.4, -0.2) is 30.1 Å². The first-order chi connectivity index (χ1) is 7.86. The fourth-order valence-corrected chi connectivity index (χ4v) is 2.07. The molecule has 0 aliphatic carbocycles. The molecule has 0 aromatic heterocycles. The van der Waals surface area contributed by atoms with E-state index in [0.717, 1.165) is 0 Å². The summed E-state index contributed by atoms with van der Waals surface area (Å²) in [5.41, 5.74) is 0.537. The van der Waals surface area contributed by atoms with E-state index in [0.29, 0.717) is 25.0 Å². The third-order valence-electron chi connectivity index (χ3n) is 3.02. The van der Waals surface area contributed by atoms with Crippen molar-refractivity contribution in [2.45, 2.75) is 39.3 Å². The predicted molar refractivity (Wildman–Crippen MR) is 59.4 cm³/mol. The molecule has 0 aromatic rings. The van der Waals surface area contributed by atoms with Gasteiger partial charge in [-0.2, -0.15) is 13.2 Å². The number of likely N-dealkylation sites (tertiary alicyclic amines) is 1. The van der Waals surface area contributed by atoms with Gasteiger partial charge in [0.25, 0.3) is 0 Å². The third-order valence-corrected chi connectivity index (χ3v) is 3.02. The van der Waals surface area contributed by atoms with Crippen LogP contribution in [0.5, 0.6) is 0 Å². The normalized spacial score (nSPS) is 22.8. The monoisotopic (exact) mass is 249 g/mol. The van der Waals surface area contributed by atoms with E-state index in [1.807, 2.05) is 6.92 Å². The molecule has 1 atom stereocenters. The highest BCUT2D eigenvalue weighted by Gasteiger charge is 2.42. The number of carbonyl (C=O) groups is 1. The van der Waals surface area contributed by atoms with E-state index < -0.39 is 12.1 Å². The first-order valence-electron chi connectivity index (χ1n) is 5.89. The van der Waals surface area contributed by atoms with Gasteiger partial charge in [0, 0.05) is 18.7 Å². The Labute approximate surface area is 99.5 Å². The molecule has 0 unspecified atom stereocenters. The second-order valence-electron chi connectivity index (χ2n) is 4.43. The summed E-state index contributed by atoms with van der Waals surface area (Å²) in [5, 5.41) is 0. The maximum Gasteiger partial charge on any atom is 0.393 e. The Kier molecular flexibility index (Phi) is 4.60. The number of allylic oxidation sites excluding steroid dienone is 1. The lowest BCUT2D eigenvalue weighted by molar-refractivity contribution is -0.187. The summed E-state index contributed by atoms with van der Waals surface area (Å²) in [6.07, 6.45) is -1.17. The Balaban J connectivity index is 2.67. The molecular weight excluding hydrogens is 231 g/mol. The first kappa shape index (κ1) is 14.1. The molecule has 5 heteroatoms. The van der Waals surface area contributed by atoms with E-state index in [9.17, 15) is 18.0 Å². The molecule has 0 saturated carbocycles. The lowest BCUT2D eigenvalue weighted by Gasteiger charge is -2.34. The largest absolute Gasteiger partial charge is 0.393 e. The Morgan fingerprint density at radius 3 is 2.65 bits per heavy atom. The van der Waals surface area contributed by atoms with Gasteiger partial charge < -0.3 is 4.90 Å². The molecule has 0 bridgehead atoms. The van der Waals surface area contributed by atoms with Crippen LogP contribution >= 0.6 is 0 Å². The minimum absolute atomic E-state index is 0.129. The predicted octanol–water partition coefficient (Wildman–Crippen LogP) is 3.14. The quantitative estimate of drug-likeness (QED) is 0.688. The highest BCUT2D eigenvalue weighted by Crippen LogP contribution is 2.33.